The SMILES string of the molecule is O=P(O)(O)C(N[C@@H](c1ccccc1)[C@H](O)c1ccccc1)c1ccccc1. The van der Waals surface area contributed by atoms with Crippen LogP contribution in [0.1, 0.15) is 34.6 Å². The van der Waals surface area contributed by atoms with Crippen LogP contribution in [0.25, 0.3) is 0 Å². The molecule has 0 aromatic heterocycles. The number of nitrogens with one attached hydrogen (secondary N) is 1. The Labute approximate surface area is 158 Å². The predicted octanol–water partition coefficient (Wildman–Crippen LogP) is 3.93. The van der Waals surface area contributed by atoms with Crippen molar-refractivity contribution >= 4 is 7.60 Å². The van der Waals surface area contributed by atoms with E-state index in [0.29, 0.717) is 11.1 Å². The highest BCUT2D eigenvalue weighted by Crippen LogP contribution is 2.51. The lowest BCUT2D eigenvalue weighted by molar-refractivity contribution is 0.124. The Morgan fingerprint density at radius 1 is 0.667 bits per heavy atom. The molecular weight excluding hydrogens is 361 g/mol. The van der Waals surface area contributed by atoms with E-state index >= 15 is 0 Å². The number of hydrogen-bond donors (Lipinski definition) is 4. The molecule has 0 aliphatic carbocycles. The largest absolute Gasteiger partial charge is 0.386 e. The van der Waals surface area contributed by atoms with Crippen molar-refractivity contribution in [3.63, 3.8) is 0 Å². The summed E-state index contributed by atoms with van der Waals surface area (Å²) in [6, 6.07) is 26.1. The molecule has 3 aromatic rings. The smallest absolute Gasteiger partial charge is 0.346 e. The van der Waals surface area contributed by atoms with Crippen molar-refractivity contribution in [3.05, 3.63) is 108 Å². The second-order valence-corrected chi connectivity index (χ2v) is 8.01. The van der Waals surface area contributed by atoms with E-state index in [-0.39, 0.29) is 0 Å². The molecule has 0 aliphatic heterocycles. The third kappa shape index (κ3) is 4.92. The number of aliphatic hydroxyl groups excluding tert-OH is 1. The van der Waals surface area contributed by atoms with Crippen LogP contribution in [0.4, 0.5) is 0 Å². The monoisotopic (exact) mass is 383 g/mol. The molecule has 3 atom stereocenters. The summed E-state index contributed by atoms with van der Waals surface area (Å²) in [6.45, 7) is 0. The van der Waals surface area contributed by atoms with Crippen LogP contribution in [0, 0.1) is 0 Å². The van der Waals surface area contributed by atoms with Gasteiger partial charge in [-0.2, -0.15) is 0 Å². The van der Waals surface area contributed by atoms with E-state index in [1.165, 1.54) is 0 Å². The van der Waals surface area contributed by atoms with Gasteiger partial charge in [0.15, 0.2) is 0 Å². The van der Waals surface area contributed by atoms with Gasteiger partial charge in [-0.3, -0.25) is 9.88 Å². The number of aliphatic hydroxyl groups is 1. The summed E-state index contributed by atoms with van der Waals surface area (Å²) in [5.74, 6) is -1.23. The van der Waals surface area contributed by atoms with E-state index in [1.54, 1.807) is 42.5 Å². The molecule has 0 saturated carbocycles. The average molecular weight is 383 g/mol. The van der Waals surface area contributed by atoms with Gasteiger partial charge >= 0.3 is 7.60 Å². The highest BCUT2D eigenvalue weighted by molar-refractivity contribution is 7.52. The van der Waals surface area contributed by atoms with E-state index in [9.17, 15) is 19.5 Å². The Morgan fingerprint density at radius 2 is 1.07 bits per heavy atom. The lowest BCUT2D eigenvalue weighted by Gasteiger charge is -2.30. The Morgan fingerprint density at radius 3 is 1.52 bits per heavy atom. The van der Waals surface area contributed by atoms with Crippen LogP contribution in [0.2, 0.25) is 0 Å². The minimum Gasteiger partial charge on any atom is -0.386 e. The number of benzene rings is 3. The Hall–Kier alpha value is -2.27. The van der Waals surface area contributed by atoms with Gasteiger partial charge in [0.2, 0.25) is 0 Å². The number of hydrogen-bond acceptors (Lipinski definition) is 3. The summed E-state index contributed by atoms with van der Waals surface area (Å²) < 4.78 is 12.2. The quantitative estimate of drug-likeness (QED) is 0.464. The van der Waals surface area contributed by atoms with Gasteiger partial charge in [0.25, 0.3) is 0 Å². The second-order valence-electron chi connectivity index (χ2n) is 6.31. The van der Waals surface area contributed by atoms with Crippen molar-refractivity contribution in [2.45, 2.75) is 17.9 Å². The lowest BCUT2D eigenvalue weighted by atomic mass is 9.95. The van der Waals surface area contributed by atoms with Crippen LogP contribution in [-0.4, -0.2) is 14.9 Å². The van der Waals surface area contributed by atoms with Gasteiger partial charge in [0.1, 0.15) is 5.78 Å². The first-order chi connectivity index (χ1) is 13.0. The van der Waals surface area contributed by atoms with Crippen molar-refractivity contribution in [3.8, 4) is 0 Å². The number of rotatable bonds is 7. The molecule has 27 heavy (non-hydrogen) atoms. The molecule has 0 bridgehead atoms. The van der Waals surface area contributed by atoms with Gasteiger partial charge in [0.05, 0.1) is 12.1 Å². The molecule has 0 amide bonds. The van der Waals surface area contributed by atoms with E-state index < -0.39 is 25.5 Å². The summed E-state index contributed by atoms with van der Waals surface area (Å²) >= 11 is 0. The maximum atomic E-state index is 12.2. The first-order valence-corrected chi connectivity index (χ1v) is 10.3. The van der Waals surface area contributed by atoms with Crippen LogP contribution in [-0.2, 0) is 4.57 Å². The zero-order valence-electron chi connectivity index (χ0n) is 14.6. The van der Waals surface area contributed by atoms with Gasteiger partial charge in [0, 0.05) is 0 Å². The summed E-state index contributed by atoms with van der Waals surface area (Å²) in [5.41, 5.74) is 1.87. The molecule has 0 aliphatic rings. The topological polar surface area (TPSA) is 89.8 Å². The molecule has 3 aromatic carbocycles. The predicted molar refractivity (Wildman–Crippen MR) is 105 cm³/mol. The van der Waals surface area contributed by atoms with Gasteiger partial charge in [-0.05, 0) is 16.7 Å². The zero-order chi connectivity index (χ0) is 19.3. The molecule has 0 radical (unpaired) electrons. The fraction of sp³-hybridized carbons (Fsp3) is 0.143. The van der Waals surface area contributed by atoms with Gasteiger partial charge < -0.3 is 14.9 Å². The van der Waals surface area contributed by atoms with E-state index in [2.05, 4.69) is 5.32 Å². The van der Waals surface area contributed by atoms with Crippen molar-refractivity contribution < 1.29 is 19.5 Å². The van der Waals surface area contributed by atoms with Crippen LogP contribution >= 0.6 is 7.60 Å². The van der Waals surface area contributed by atoms with Crippen LogP contribution < -0.4 is 5.32 Å². The molecule has 6 heteroatoms. The van der Waals surface area contributed by atoms with Crippen LogP contribution in [0.15, 0.2) is 91.0 Å². The van der Waals surface area contributed by atoms with Crippen LogP contribution in [0.3, 0.4) is 0 Å². The molecule has 0 saturated heterocycles. The summed E-state index contributed by atoms with van der Waals surface area (Å²) in [7, 11) is -4.53. The fourth-order valence-electron chi connectivity index (χ4n) is 3.07. The van der Waals surface area contributed by atoms with Crippen molar-refractivity contribution in [1.29, 1.82) is 0 Å². The second kappa shape index (κ2) is 8.61. The normalized spacial score (nSPS) is 15.1. The third-order valence-corrected chi connectivity index (χ3v) is 5.52. The fourth-order valence-corrected chi connectivity index (χ4v) is 3.98. The Bertz CT molecular complexity index is 884. The minimum atomic E-state index is -4.53. The first kappa shape index (κ1) is 19.5. The Balaban J connectivity index is 2.01. The summed E-state index contributed by atoms with van der Waals surface area (Å²) in [4.78, 5) is 19.9. The highest BCUT2D eigenvalue weighted by atomic mass is 31.2. The molecule has 4 N–H and O–H groups in total. The van der Waals surface area contributed by atoms with Crippen LogP contribution in [0.5, 0.6) is 0 Å². The molecule has 140 valence electrons. The minimum absolute atomic E-state index is 0.465. The summed E-state index contributed by atoms with van der Waals surface area (Å²) in [5, 5.41) is 14.0. The van der Waals surface area contributed by atoms with E-state index in [1.807, 2.05) is 48.5 Å². The molecule has 0 heterocycles. The van der Waals surface area contributed by atoms with Gasteiger partial charge in [-0.15, -0.1) is 0 Å². The van der Waals surface area contributed by atoms with Crippen molar-refractivity contribution in [1.82, 2.24) is 5.32 Å². The van der Waals surface area contributed by atoms with Crippen molar-refractivity contribution in [2.75, 3.05) is 0 Å². The molecule has 0 fully saturated rings. The van der Waals surface area contributed by atoms with Crippen molar-refractivity contribution in [2.24, 2.45) is 0 Å². The maximum Gasteiger partial charge on any atom is 0.346 e. The van der Waals surface area contributed by atoms with Gasteiger partial charge in [-0.1, -0.05) is 91.0 Å². The molecule has 3 rings (SSSR count). The first-order valence-electron chi connectivity index (χ1n) is 8.61. The molecule has 5 nitrogen and oxygen atoms in total. The average Bonchev–Trinajstić information content (AvgIpc) is 2.69. The summed E-state index contributed by atoms with van der Waals surface area (Å²) in [6.07, 6.45) is -0.980. The highest BCUT2D eigenvalue weighted by Gasteiger charge is 2.35. The Kier molecular flexibility index (Phi) is 6.22. The zero-order valence-corrected chi connectivity index (χ0v) is 15.5. The third-order valence-electron chi connectivity index (χ3n) is 4.40. The van der Waals surface area contributed by atoms with E-state index in [4.69, 9.17) is 0 Å². The van der Waals surface area contributed by atoms with Gasteiger partial charge in [-0.25, -0.2) is 0 Å². The molecular formula is C21H22NO4P. The van der Waals surface area contributed by atoms with E-state index in [0.717, 1.165) is 5.56 Å². The standard InChI is InChI=1S/C21H22NO4P/c23-20(17-12-6-2-7-13-17)19(16-10-4-1-5-11-16)22-21(27(24,25)26)18-14-8-3-9-15-18/h1-15,19-23H,(H2,24,25,26)/t19-,20+,21?/m0/s1. The lowest BCUT2D eigenvalue weighted by Crippen LogP contribution is -2.31. The molecule has 1 unspecified atom stereocenters. The maximum absolute atomic E-state index is 12.2. The molecule has 0 spiro atoms.